The molecule has 136 valence electrons. The highest BCUT2D eigenvalue weighted by atomic mass is 127. The fraction of sp³-hybridized carbons (Fsp3) is 0.167. The maximum atomic E-state index is 11.9. The third-order valence-electron chi connectivity index (χ3n) is 3.30. The van der Waals surface area contributed by atoms with E-state index in [4.69, 9.17) is 4.74 Å². The lowest BCUT2D eigenvalue weighted by Crippen LogP contribution is -2.24. The standard InChI is InChI=1S/C18H18IN3O4/c1-12-5-3-4-6-15(12)21-18(24)22-20-10-13-7-8-16(14(19)9-13)26-11-17(23)25-2/h3-10H,11H2,1-2H3,(H2,21,22,24). The van der Waals surface area contributed by atoms with E-state index in [2.05, 4.69) is 43.2 Å². The van der Waals surface area contributed by atoms with Crippen molar-refractivity contribution in [2.24, 2.45) is 5.10 Å². The fourth-order valence-electron chi connectivity index (χ4n) is 1.94. The van der Waals surface area contributed by atoms with Crippen LogP contribution in [-0.4, -0.2) is 31.9 Å². The van der Waals surface area contributed by atoms with Crippen molar-refractivity contribution < 1.29 is 19.1 Å². The second-order valence-electron chi connectivity index (χ2n) is 5.19. The van der Waals surface area contributed by atoms with Crippen molar-refractivity contribution in [2.45, 2.75) is 6.92 Å². The van der Waals surface area contributed by atoms with E-state index in [0.29, 0.717) is 5.75 Å². The molecule has 2 amide bonds. The molecule has 0 fully saturated rings. The highest BCUT2D eigenvalue weighted by Gasteiger charge is 2.06. The van der Waals surface area contributed by atoms with E-state index >= 15 is 0 Å². The van der Waals surface area contributed by atoms with Gasteiger partial charge in [-0.05, 0) is 64.9 Å². The first-order valence-electron chi connectivity index (χ1n) is 7.64. The number of amides is 2. The number of carbonyl (C=O) groups is 2. The molecule has 2 aromatic carbocycles. The van der Waals surface area contributed by atoms with Gasteiger partial charge in [-0.3, -0.25) is 0 Å². The monoisotopic (exact) mass is 467 g/mol. The van der Waals surface area contributed by atoms with E-state index in [1.807, 2.05) is 37.3 Å². The van der Waals surface area contributed by atoms with Gasteiger partial charge in [-0.25, -0.2) is 15.0 Å². The zero-order chi connectivity index (χ0) is 18.9. The minimum absolute atomic E-state index is 0.152. The zero-order valence-electron chi connectivity index (χ0n) is 14.3. The SMILES string of the molecule is COC(=O)COc1ccc(C=NNC(=O)Nc2ccccc2C)cc1I. The van der Waals surface area contributed by atoms with Gasteiger partial charge in [0.15, 0.2) is 6.61 Å². The molecule has 7 nitrogen and oxygen atoms in total. The smallest absolute Gasteiger partial charge is 0.343 e. The molecule has 0 saturated heterocycles. The maximum Gasteiger partial charge on any atom is 0.343 e. The third kappa shape index (κ3) is 6.03. The molecule has 2 rings (SSSR count). The molecule has 0 saturated carbocycles. The molecular formula is C18H18IN3O4. The van der Waals surface area contributed by atoms with Crippen LogP contribution in [0.4, 0.5) is 10.5 Å². The number of nitrogens with zero attached hydrogens (tertiary/aromatic N) is 1. The van der Waals surface area contributed by atoms with Gasteiger partial charge in [-0.15, -0.1) is 0 Å². The minimum Gasteiger partial charge on any atom is -0.481 e. The lowest BCUT2D eigenvalue weighted by Gasteiger charge is -2.08. The number of hydrazone groups is 1. The van der Waals surface area contributed by atoms with Gasteiger partial charge in [0.25, 0.3) is 0 Å². The summed E-state index contributed by atoms with van der Waals surface area (Å²) in [6.07, 6.45) is 1.52. The lowest BCUT2D eigenvalue weighted by atomic mass is 10.2. The number of para-hydroxylation sites is 1. The second-order valence-corrected chi connectivity index (χ2v) is 6.36. The van der Waals surface area contributed by atoms with Crippen LogP contribution < -0.4 is 15.5 Å². The summed E-state index contributed by atoms with van der Waals surface area (Å²) < 4.78 is 10.7. The van der Waals surface area contributed by atoms with Crippen LogP contribution >= 0.6 is 22.6 Å². The average Bonchev–Trinajstić information content (AvgIpc) is 2.62. The van der Waals surface area contributed by atoms with Crippen LogP contribution in [0.5, 0.6) is 5.75 Å². The number of rotatable bonds is 6. The molecule has 0 aliphatic heterocycles. The van der Waals surface area contributed by atoms with Gasteiger partial charge in [-0.1, -0.05) is 18.2 Å². The highest BCUT2D eigenvalue weighted by Crippen LogP contribution is 2.21. The number of methoxy groups -OCH3 is 1. The highest BCUT2D eigenvalue weighted by molar-refractivity contribution is 14.1. The van der Waals surface area contributed by atoms with E-state index in [-0.39, 0.29) is 6.61 Å². The molecule has 2 N–H and O–H groups in total. The molecule has 26 heavy (non-hydrogen) atoms. The van der Waals surface area contributed by atoms with E-state index in [1.54, 1.807) is 12.1 Å². The molecular weight excluding hydrogens is 449 g/mol. The van der Waals surface area contributed by atoms with Gasteiger partial charge in [0.2, 0.25) is 0 Å². The zero-order valence-corrected chi connectivity index (χ0v) is 16.4. The van der Waals surface area contributed by atoms with E-state index in [1.165, 1.54) is 13.3 Å². The molecule has 0 aliphatic carbocycles. The number of ether oxygens (including phenoxy) is 2. The first-order valence-corrected chi connectivity index (χ1v) is 8.72. The molecule has 0 bridgehead atoms. The van der Waals surface area contributed by atoms with Gasteiger partial charge < -0.3 is 14.8 Å². The Balaban J connectivity index is 1.89. The molecule has 0 aromatic heterocycles. The number of carbonyl (C=O) groups excluding carboxylic acids is 2. The summed E-state index contributed by atoms with van der Waals surface area (Å²) in [6, 6.07) is 12.3. The maximum absolute atomic E-state index is 11.9. The number of halogens is 1. The largest absolute Gasteiger partial charge is 0.481 e. The predicted molar refractivity (Wildman–Crippen MR) is 108 cm³/mol. The Morgan fingerprint density at radius 1 is 1.23 bits per heavy atom. The molecule has 0 spiro atoms. The summed E-state index contributed by atoms with van der Waals surface area (Å²) in [7, 11) is 1.30. The number of anilines is 1. The summed E-state index contributed by atoms with van der Waals surface area (Å²) >= 11 is 2.09. The van der Waals surface area contributed by atoms with Gasteiger partial charge in [0.1, 0.15) is 5.75 Å². The van der Waals surface area contributed by atoms with Gasteiger partial charge in [0, 0.05) is 5.69 Å². The van der Waals surface area contributed by atoms with Crippen molar-refractivity contribution >= 4 is 46.5 Å². The molecule has 8 heteroatoms. The lowest BCUT2D eigenvalue weighted by molar-refractivity contribution is -0.142. The van der Waals surface area contributed by atoms with E-state index in [0.717, 1.165) is 20.4 Å². The molecule has 0 radical (unpaired) electrons. The Hall–Kier alpha value is -2.62. The Morgan fingerprint density at radius 3 is 2.69 bits per heavy atom. The number of benzene rings is 2. The fourth-order valence-corrected chi connectivity index (χ4v) is 2.63. The summed E-state index contributed by atoms with van der Waals surface area (Å²) in [5, 5.41) is 6.64. The van der Waals surface area contributed by atoms with Gasteiger partial charge in [-0.2, -0.15) is 5.10 Å². The second kappa shape index (κ2) is 9.76. The number of urea groups is 1. The summed E-state index contributed by atoms with van der Waals surface area (Å²) in [5.74, 6) is 0.119. The first kappa shape index (κ1) is 19.7. The molecule has 0 unspecified atom stereocenters. The summed E-state index contributed by atoms with van der Waals surface area (Å²) in [5.41, 5.74) is 4.87. The Bertz CT molecular complexity index is 824. The Kier molecular flexibility index (Phi) is 7.39. The van der Waals surface area contributed by atoms with Gasteiger partial charge in [0.05, 0.1) is 16.9 Å². The Labute approximate surface area is 164 Å². The third-order valence-corrected chi connectivity index (χ3v) is 4.15. The number of nitrogens with one attached hydrogen (secondary N) is 2. The minimum atomic E-state index is -0.449. The molecule has 0 atom stereocenters. The van der Waals surface area contributed by atoms with Crippen LogP contribution in [0, 0.1) is 10.5 Å². The van der Waals surface area contributed by atoms with Gasteiger partial charge >= 0.3 is 12.0 Å². The quantitative estimate of drug-likeness (QED) is 0.295. The summed E-state index contributed by atoms with van der Waals surface area (Å²) in [6.45, 7) is 1.76. The van der Waals surface area contributed by atoms with Crippen molar-refractivity contribution in [3.8, 4) is 5.75 Å². The van der Waals surface area contributed by atoms with Crippen LogP contribution in [0.25, 0.3) is 0 Å². The van der Waals surface area contributed by atoms with Crippen molar-refractivity contribution in [1.82, 2.24) is 5.43 Å². The summed E-state index contributed by atoms with van der Waals surface area (Å²) in [4.78, 5) is 23.0. The number of hydrogen-bond donors (Lipinski definition) is 2. The van der Waals surface area contributed by atoms with Crippen LogP contribution in [-0.2, 0) is 9.53 Å². The van der Waals surface area contributed by atoms with E-state index < -0.39 is 12.0 Å². The van der Waals surface area contributed by atoms with Crippen LogP contribution in [0.2, 0.25) is 0 Å². The van der Waals surface area contributed by atoms with Crippen LogP contribution in [0.3, 0.4) is 0 Å². The van der Waals surface area contributed by atoms with Crippen molar-refractivity contribution in [2.75, 3.05) is 19.0 Å². The topological polar surface area (TPSA) is 89.0 Å². The van der Waals surface area contributed by atoms with Crippen molar-refractivity contribution in [1.29, 1.82) is 0 Å². The Morgan fingerprint density at radius 2 is 2.00 bits per heavy atom. The van der Waals surface area contributed by atoms with Crippen molar-refractivity contribution in [3.05, 3.63) is 57.2 Å². The molecule has 0 aliphatic rings. The average molecular weight is 467 g/mol. The number of hydrogen-bond acceptors (Lipinski definition) is 5. The van der Waals surface area contributed by atoms with Crippen molar-refractivity contribution in [3.63, 3.8) is 0 Å². The van der Waals surface area contributed by atoms with E-state index in [9.17, 15) is 9.59 Å². The van der Waals surface area contributed by atoms with Crippen LogP contribution in [0.1, 0.15) is 11.1 Å². The number of aryl methyl sites for hydroxylation is 1. The number of esters is 1. The predicted octanol–water partition coefficient (Wildman–Crippen LogP) is 3.31. The first-order chi connectivity index (χ1) is 12.5. The molecule has 2 aromatic rings. The van der Waals surface area contributed by atoms with Crippen LogP contribution in [0.15, 0.2) is 47.6 Å². The normalized spacial score (nSPS) is 10.4. The molecule has 0 heterocycles.